The molecule has 1 heterocycles. The summed E-state index contributed by atoms with van der Waals surface area (Å²) in [6, 6.07) is 39.8. The zero-order valence-corrected chi connectivity index (χ0v) is 22.6. The van der Waals surface area contributed by atoms with E-state index in [1.807, 2.05) is 37.3 Å². The van der Waals surface area contributed by atoms with Crippen molar-refractivity contribution in [1.29, 1.82) is 0 Å². The van der Waals surface area contributed by atoms with Crippen LogP contribution in [0.1, 0.15) is 45.7 Å². The molecule has 0 spiro atoms. The third-order valence-corrected chi connectivity index (χ3v) is 7.94. The van der Waals surface area contributed by atoms with Crippen LogP contribution in [0.15, 0.2) is 115 Å². The molecule has 0 radical (unpaired) electrons. The Morgan fingerprint density at radius 2 is 1.44 bits per heavy atom. The number of aromatic nitrogens is 1. The van der Waals surface area contributed by atoms with Gasteiger partial charge in [0.15, 0.2) is 0 Å². The number of carbonyl (C=O) groups excluding carboxylic acids is 1. The number of amides is 1. The fourth-order valence-corrected chi connectivity index (χ4v) is 5.60. The molecule has 39 heavy (non-hydrogen) atoms. The number of hydrogen-bond acceptors (Lipinski definition) is 1. The molecule has 0 aliphatic carbocycles. The number of fused-ring (bicyclic) bond motifs is 2. The van der Waals surface area contributed by atoms with E-state index in [0.717, 1.165) is 23.0 Å². The highest BCUT2D eigenvalue weighted by Crippen LogP contribution is 2.29. The van der Waals surface area contributed by atoms with Gasteiger partial charge in [0, 0.05) is 28.7 Å². The second kappa shape index (κ2) is 10.3. The summed E-state index contributed by atoms with van der Waals surface area (Å²) in [6.45, 7) is 7.14. The molecule has 1 atom stereocenters. The van der Waals surface area contributed by atoms with E-state index in [1.54, 1.807) is 0 Å². The maximum Gasteiger partial charge on any atom is 0.251 e. The standard InChI is InChI=1S/C36H32N2O/c1-24-26(3)38(23-27-16-18-29(19-17-27)28-10-5-4-6-11-28)35-21-20-31(22-34(24)35)36(39)37-25(2)32-15-9-13-30-12-7-8-14-33(30)32/h4-22,25H,23H2,1-3H3,(H,37,39)/t25-/m0/s1. The molecule has 1 N–H and O–H groups in total. The molecular formula is C36H32N2O. The highest BCUT2D eigenvalue weighted by molar-refractivity contribution is 5.99. The van der Waals surface area contributed by atoms with E-state index < -0.39 is 0 Å². The average molecular weight is 509 g/mol. The van der Waals surface area contributed by atoms with E-state index in [-0.39, 0.29) is 11.9 Å². The molecule has 5 aromatic carbocycles. The number of aryl methyl sites for hydroxylation is 1. The number of rotatable bonds is 6. The summed E-state index contributed by atoms with van der Waals surface area (Å²) in [5.41, 5.74) is 9.08. The number of benzene rings is 5. The first-order valence-electron chi connectivity index (χ1n) is 13.5. The Morgan fingerprint density at radius 1 is 0.744 bits per heavy atom. The lowest BCUT2D eigenvalue weighted by molar-refractivity contribution is 0.0940. The van der Waals surface area contributed by atoms with E-state index in [2.05, 4.69) is 109 Å². The normalized spacial score (nSPS) is 12.1. The highest BCUT2D eigenvalue weighted by Gasteiger charge is 2.17. The second-order valence-electron chi connectivity index (χ2n) is 10.4. The molecule has 0 bridgehead atoms. The van der Waals surface area contributed by atoms with Crippen LogP contribution in [0, 0.1) is 13.8 Å². The van der Waals surface area contributed by atoms with Gasteiger partial charge in [0.2, 0.25) is 0 Å². The zero-order chi connectivity index (χ0) is 26.9. The SMILES string of the molecule is Cc1c(C)n(Cc2ccc(-c3ccccc3)cc2)c2ccc(C(=O)N[C@@H](C)c3cccc4ccccc34)cc12. The minimum Gasteiger partial charge on any atom is -0.345 e. The van der Waals surface area contributed by atoms with E-state index >= 15 is 0 Å². The van der Waals surface area contributed by atoms with Gasteiger partial charge in [0.05, 0.1) is 6.04 Å². The van der Waals surface area contributed by atoms with Crippen LogP contribution in [0.4, 0.5) is 0 Å². The van der Waals surface area contributed by atoms with Gasteiger partial charge in [0.1, 0.15) is 0 Å². The maximum absolute atomic E-state index is 13.3. The highest BCUT2D eigenvalue weighted by atomic mass is 16.1. The first-order chi connectivity index (χ1) is 19.0. The first-order valence-corrected chi connectivity index (χ1v) is 13.5. The minimum absolute atomic E-state index is 0.0568. The molecule has 3 nitrogen and oxygen atoms in total. The van der Waals surface area contributed by atoms with Gasteiger partial charge >= 0.3 is 0 Å². The van der Waals surface area contributed by atoms with Crippen molar-refractivity contribution in [2.24, 2.45) is 0 Å². The molecule has 192 valence electrons. The lowest BCUT2D eigenvalue weighted by atomic mass is 9.99. The average Bonchev–Trinajstić information content (AvgIpc) is 3.21. The molecule has 1 aromatic heterocycles. The predicted molar refractivity (Wildman–Crippen MR) is 162 cm³/mol. The van der Waals surface area contributed by atoms with Crippen molar-refractivity contribution in [3.8, 4) is 11.1 Å². The van der Waals surface area contributed by atoms with Crippen LogP contribution < -0.4 is 5.32 Å². The van der Waals surface area contributed by atoms with E-state index in [9.17, 15) is 4.79 Å². The van der Waals surface area contributed by atoms with Crippen LogP contribution in [0.5, 0.6) is 0 Å². The summed E-state index contributed by atoms with van der Waals surface area (Å²) in [4.78, 5) is 13.3. The predicted octanol–water partition coefficient (Wildman–Crippen LogP) is 8.62. The summed E-state index contributed by atoms with van der Waals surface area (Å²) >= 11 is 0. The molecule has 0 saturated carbocycles. The van der Waals surface area contributed by atoms with Gasteiger partial charge in [-0.1, -0.05) is 97.1 Å². The van der Waals surface area contributed by atoms with Crippen molar-refractivity contribution in [3.05, 3.63) is 143 Å². The number of hydrogen-bond donors (Lipinski definition) is 1. The van der Waals surface area contributed by atoms with Crippen molar-refractivity contribution in [2.75, 3.05) is 0 Å². The smallest absolute Gasteiger partial charge is 0.251 e. The topological polar surface area (TPSA) is 34.0 Å². The Kier molecular flexibility index (Phi) is 6.50. The Balaban J connectivity index is 1.24. The zero-order valence-electron chi connectivity index (χ0n) is 22.6. The third-order valence-electron chi connectivity index (χ3n) is 7.94. The molecular weight excluding hydrogens is 476 g/mol. The van der Waals surface area contributed by atoms with Crippen molar-refractivity contribution in [3.63, 3.8) is 0 Å². The third kappa shape index (κ3) is 4.72. The van der Waals surface area contributed by atoms with Gasteiger partial charge in [-0.05, 0) is 77.6 Å². The lowest BCUT2D eigenvalue weighted by Gasteiger charge is -2.17. The summed E-state index contributed by atoms with van der Waals surface area (Å²) in [7, 11) is 0. The Morgan fingerprint density at radius 3 is 2.23 bits per heavy atom. The number of nitrogens with one attached hydrogen (secondary N) is 1. The molecule has 0 aliphatic heterocycles. The van der Waals surface area contributed by atoms with Crippen LogP contribution in [0.25, 0.3) is 32.8 Å². The van der Waals surface area contributed by atoms with Gasteiger partial charge in [-0.15, -0.1) is 0 Å². The Hall–Kier alpha value is -4.63. The quantitative estimate of drug-likeness (QED) is 0.240. The lowest BCUT2D eigenvalue weighted by Crippen LogP contribution is -2.26. The van der Waals surface area contributed by atoms with Crippen molar-refractivity contribution < 1.29 is 4.79 Å². The Labute approximate surface area is 229 Å². The van der Waals surface area contributed by atoms with Gasteiger partial charge in [0.25, 0.3) is 5.91 Å². The molecule has 0 aliphatic rings. The number of nitrogens with zero attached hydrogens (tertiary/aromatic N) is 1. The van der Waals surface area contributed by atoms with Crippen molar-refractivity contribution in [1.82, 2.24) is 9.88 Å². The molecule has 0 unspecified atom stereocenters. The molecule has 6 aromatic rings. The van der Waals surface area contributed by atoms with Crippen LogP contribution in [0.2, 0.25) is 0 Å². The summed E-state index contributed by atoms with van der Waals surface area (Å²) < 4.78 is 2.35. The second-order valence-corrected chi connectivity index (χ2v) is 10.4. The molecule has 3 heteroatoms. The van der Waals surface area contributed by atoms with Crippen LogP contribution >= 0.6 is 0 Å². The van der Waals surface area contributed by atoms with E-state index in [1.165, 1.54) is 38.7 Å². The summed E-state index contributed by atoms with van der Waals surface area (Å²) in [5, 5.41) is 6.70. The molecule has 0 fully saturated rings. The monoisotopic (exact) mass is 508 g/mol. The van der Waals surface area contributed by atoms with E-state index in [4.69, 9.17) is 0 Å². The Bertz CT molecular complexity index is 1790. The van der Waals surface area contributed by atoms with Crippen LogP contribution in [-0.4, -0.2) is 10.5 Å². The largest absolute Gasteiger partial charge is 0.345 e. The molecule has 6 rings (SSSR count). The fraction of sp³-hybridized carbons (Fsp3) is 0.139. The van der Waals surface area contributed by atoms with E-state index in [0.29, 0.717) is 5.56 Å². The van der Waals surface area contributed by atoms with Gasteiger partial charge < -0.3 is 9.88 Å². The maximum atomic E-state index is 13.3. The molecule has 1 amide bonds. The summed E-state index contributed by atoms with van der Waals surface area (Å²) in [5.74, 6) is -0.0568. The van der Waals surface area contributed by atoms with Crippen molar-refractivity contribution in [2.45, 2.75) is 33.4 Å². The minimum atomic E-state index is -0.106. The van der Waals surface area contributed by atoms with Gasteiger partial charge in [-0.3, -0.25) is 4.79 Å². The van der Waals surface area contributed by atoms with Crippen LogP contribution in [-0.2, 0) is 6.54 Å². The fourth-order valence-electron chi connectivity index (χ4n) is 5.60. The number of carbonyl (C=O) groups is 1. The van der Waals surface area contributed by atoms with Crippen LogP contribution in [0.3, 0.4) is 0 Å². The summed E-state index contributed by atoms with van der Waals surface area (Å²) in [6.07, 6.45) is 0. The van der Waals surface area contributed by atoms with Gasteiger partial charge in [-0.25, -0.2) is 0 Å². The first kappa shape index (κ1) is 24.7. The van der Waals surface area contributed by atoms with Crippen molar-refractivity contribution >= 4 is 27.6 Å². The molecule has 0 saturated heterocycles. The van der Waals surface area contributed by atoms with Gasteiger partial charge in [-0.2, -0.15) is 0 Å².